The summed E-state index contributed by atoms with van der Waals surface area (Å²) < 4.78 is 23.5. The van der Waals surface area contributed by atoms with E-state index < -0.39 is 0 Å². The van der Waals surface area contributed by atoms with Crippen LogP contribution in [0.5, 0.6) is 5.75 Å². The molecule has 1 aliphatic rings. The van der Waals surface area contributed by atoms with Gasteiger partial charge in [-0.25, -0.2) is 4.39 Å². The molecule has 1 heterocycles. The number of carbonyl (C=O) groups excluding carboxylic acids is 1. The van der Waals surface area contributed by atoms with Crippen molar-refractivity contribution in [1.82, 2.24) is 0 Å². The molecule has 1 atom stereocenters. The maximum atomic E-state index is 12.8. The Morgan fingerprint density at radius 3 is 2.56 bits per heavy atom. The van der Waals surface area contributed by atoms with Crippen LogP contribution in [0.25, 0.3) is 0 Å². The van der Waals surface area contributed by atoms with E-state index in [2.05, 4.69) is 10.2 Å². The van der Waals surface area contributed by atoms with Gasteiger partial charge in [0.1, 0.15) is 11.6 Å². The normalized spacial score (nSPS) is 16.7. The summed E-state index contributed by atoms with van der Waals surface area (Å²) in [6, 6.07) is 13.2. The number of methoxy groups -OCH3 is 1. The third-order valence-corrected chi connectivity index (χ3v) is 4.18. The molecule has 0 saturated carbocycles. The number of amides is 1. The minimum atomic E-state index is -0.341. The molecule has 2 aromatic rings. The molecular weight excluding hydrogens is 323 g/mol. The number of ether oxygens (including phenoxy) is 2. The zero-order chi connectivity index (χ0) is 17.6. The fraction of sp³-hybridized carbons (Fsp3) is 0.316. The molecule has 5 nitrogen and oxygen atoms in total. The van der Waals surface area contributed by atoms with Crippen LogP contribution in [0.3, 0.4) is 0 Å². The van der Waals surface area contributed by atoms with Crippen molar-refractivity contribution in [3.05, 3.63) is 54.3 Å². The maximum Gasteiger partial charge on any atom is 0.262 e. The largest absolute Gasteiger partial charge is 0.484 e. The Kier molecular flexibility index (Phi) is 5.50. The quantitative estimate of drug-likeness (QED) is 0.875. The van der Waals surface area contributed by atoms with Crippen LogP contribution in [0.15, 0.2) is 48.5 Å². The zero-order valence-corrected chi connectivity index (χ0v) is 14.1. The van der Waals surface area contributed by atoms with Crippen molar-refractivity contribution < 1.29 is 18.7 Å². The summed E-state index contributed by atoms with van der Waals surface area (Å²) in [5, 5.41) is 2.78. The SMILES string of the molecule is COC1CCN(c2ccc(NC(=O)COc3ccc(F)cc3)cc2)C1. The number of hydrogen-bond acceptors (Lipinski definition) is 4. The second-order valence-electron chi connectivity index (χ2n) is 5.93. The molecule has 132 valence electrons. The summed E-state index contributed by atoms with van der Waals surface area (Å²) in [5.74, 6) is -0.155. The summed E-state index contributed by atoms with van der Waals surface area (Å²) in [7, 11) is 1.74. The van der Waals surface area contributed by atoms with Crippen LogP contribution in [0.2, 0.25) is 0 Å². The van der Waals surface area contributed by atoms with E-state index in [-0.39, 0.29) is 24.4 Å². The minimum absolute atomic E-state index is 0.130. The molecule has 1 N–H and O–H groups in total. The van der Waals surface area contributed by atoms with Crippen molar-refractivity contribution in [2.24, 2.45) is 0 Å². The van der Waals surface area contributed by atoms with Crippen molar-refractivity contribution in [2.45, 2.75) is 12.5 Å². The van der Waals surface area contributed by atoms with Gasteiger partial charge in [-0.3, -0.25) is 4.79 Å². The minimum Gasteiger partial charge on any atom is -0.484 e. The van der Waals surface area contributed by atoms with Gasteiger partial charge in [-0.05, 0) is 55.0 Å². The highest BCUT2D eigenvalue weighted by Crippen LogP contribution is 2.23. The molecule has 1 unspecified atom stereocenters. The predicted octanol–water partition coefficient (Wildman–Crippen LogP) is 3.07. The summed E-state index contributed by atoms with van der Waals surface area (Å²) in [6.07, 6.45) is 1.30. The van der Waals surface area contributed by atoms with Crippen LogP contribution in [0.1, 0.15) is 6.42 Å². The number of hydrogen-bond donors (Lipinski definition) is 1. The monoisotopic (exact) mass is 344 g/mol. The van der Waals surface area contributed by atoms with Crippen LogP contribution >= 0.6 is 0 Å². The molecule has 3 rings (SSSR count). The first-order valence-corrected chi connectivity index (χ1v) is 8.20. The van der Waals surface area contributed by atoms with Crippen LogP contribution in [-0.2, 0) is 9.53 Å². The van der Waals surface area contributed by atoms with Crippen LogP contribution < -0.4 is 15.0 Å². The van der Waals surface area contributed by atoms with Gasteiger partial charge in [0.2, 0.25) is 0 Å². The van der Waals surface area contributed by atoms with Crippen molar-refractivity contribution in [3.63, 3.8) is 0 Å². The number of carbonyl (C=O) groups is 1. The highest BCUT2D eigenvalue weighted by atomic mass is 19.1. The lowest BCUT2D eigenvalue weighted by Crippen LogP contribution is -2.22. The first-order chi connectivity index (χ1) is 12.1. The van der Waals surface area contributed by atoms with E-state index >= 15 is 0 Å². The third-order valence-electron chi connectivity index (χ3n) is 4.18. The van der Waals surface area contributed by atoms with Crippen molar-refractivity contribution in [2.75, 3.05) is 37.0 Å². The summed E-state index contributed by atoms with van der Waals surface area (Å²) in [4.78, 5) is 14.2. The molecule has 6 heteroatoms. The Labute approximate surface area is 146 Å². The second-order valence-corrected chi connectivity index (χ2v) is 5.93. The van der Waals surface area contributed by atoms with Crippen molar-refractivity contribution in [3.8, 4) is 5.75 Å². The van der Waals surface area contributed by atoms with Gasteiger partial charge in [-0.15, -0.1) is 0 Å². The maximum absolute atomic E-state index is 12.8. The fourth-order valence-electron chi connectivity index (χ4n) is 2.79. The first-order valence-electron chi connectivity index (χ1n) is 8.20. The lowest BCUT2D eigenvalue weighted by Gasteiger charge is -2.18. The molecule has 0 aromatic heterocycles. The number of halogens is 1. The first kappa shape index (κ1) is 17.2. The van der Waals surface area contributed by atoms with Crippen molar-refractivity contribution in [1.29, 1.82) is 0 Å². The Morgan fingerprint density at radius 2 is 1.92 bits per heavy atom. The molecule has 0 spiro atoms. The van der Waals surface area contributed by atoms with Gasteiger partial charge in [0.25, 0.3) is 5.91 Å². The molecule has 1 aliphatic heterocycles. The molecule has 2 aromatic carbocycles. The average molecular weight is 344 g/mol. The van der Waals surface area contributed by atoms with E-state index in [0.717, 1.165) is 25.2 Å². The van der Waals surface area contributed by atoms with Crippen LogP contribution in [-0.4, -0.2) is 38.8 Å². The van der Waals surface area contributed by atoms with Crippen LogP contribution in [0.4, 0.5) is 15.8 Å². The topological polar surface area (TPSA) is 50.8 Å². The average Bonchev–Trinajstić information content (AvgIpc) is 3.11. The molecule has 0 bridgehead atoms. The third kappa shape index (κ3) is 4.70. The van der Waals surface area contributed by atoms with E-state index in [1.807, 2.05) is 24.3 Å². The Hall–Kier alpha value is -2.60. The van der Waals surface area contributed by atoms with E-state index in [1.165, 1.54) is 24.3 Å². The van der Waals surface area contributed by atoms with E-state index in [0.29, 0.717) is 11.4 Å². The summed E-state index contributed by atoms with van der Waals surface area (Å²) in [5.41, 5.74) is 1.82. The van der Waals surface area contributed by atoms with Gasteiger partial charge >= 0.3 is 0 Å². The van der Waals surface area contributed by atoms with Gasteiger partial charge in [0, 0.05) is 31.6 Å². The molecule has 1 amide bonds. The van der Waals surface area contributed by atoms with Crippen LogP contribution in [0, 0.1) is 5.82 Å². The van der Waals surface area contributed by atoms with Crippen molar-refractivity contribution >= 4 is 17.3 Å². The molecule has 25 heavy (non-hydrogen) atoms. The van der Waals surface area contributed by atoms with E-state index in [9.17, 15) is 9.18 Å². The lowest BCUT2D eigenvalue weighted by molar-refractivity contribution is -0.118. The number of rotatable bonds is 6. The van der Waals surface area contributed by atoms with Gasteiger partial charge in [0.05, 0.1) is 6.10 Å². The molecule has 1 saturated heterocycles. The molecule has 1 fully saturated rings. The zero-order valence-electron chi connectivity index (χ0n) is 14.1. The predicted molar refractivity (Wildman–Crippen MR) is 94.6 cm³/mol. The van der Waals surface area contributed by atoms with Gasteiger partial charge in [-0.1, -0.05) is 0 Å². The lowest BCUT2D eigenvalue weighted by atomic mass is 10.2. The Morgan fingerprint density at radius 1 is 1.20 bits per heavy atom. The highest BCUT2D eigenvalue weighted by Gasteiger charge is 2.22. The second kappa shape index (κ2) is 7.98. The molecule has 0 radical (unpaired) electrons. The molecular formula is C19H21FN2O3. The highest BCUT2D eigenvalue weighted by molar-refractivity contribution is 5.92. The van der Waals surface area contributed by atoms with Gasteiger partial charge in [-0.2, -0.15) is 0 Å². The number of anilines is 2. The fourth-order valence-corrected chi connectivity index (χ4v) is 2.79. The Bertz CT molecular complexity index is 704. The summed E-state index contributed by atoms with van der Waals surface area (Å²) in [6.45, 7) is 1.72. The smallest absolute Gasteiger partial charge is 0.262 e. The molecule has 0 aliphatic carbocycles. The van der Waals surface area contributed by atoms with Gasteiger partial charge < -0.3 is 19.7 Å². The van der Waals surface area contributed by atoms with Gasteiger partial charge in [0.15, 0.2) is 6.61 Å². The number of benzene rings is 2. The van der Waals surface area contributed by atoms with E-state index in [1.54, 1.807) is 7.11 Å². The Balaban J connectivity index is 1.49. The summed E-state index contributed by atoms with van der Waals surface area (Å²) >= 11 is 0. The number of nitrogens with one attached hydrogen (secondary N) is 1. The number of nitrogens with zero attached hydrogens (tertiary/aromatic N) is 1. The van der Waals surface area contributed by atoms with E-state index in [4.69, 9.17) is 9.47 Å². The standard InChI is InChI=1S/C19H21FN2O3/c1-24-18-10-11-22(12-18)16-6-4-15(5-7-16)21-19(23)13-25-17-8-2-14(20)3-9-17/h2-9,18H,10-13H2,1H3,(H,21,23).